The average molecular weight is 304 g/mol. The van der Waals surface area contributed by atoms with E-state index in [4.69, 9.17) is 9.84 Å². The number of carboxylic acids is 1. The molecule has 1 aliphatic rings. The van der Waals surface area contributed by atoms with Crippen molar-refractivity contribution in [1.82, 2.24) is 0 Å². The smallest absolute Gasteiger partial charge is 0.310 e. The highest BCUT2D eigenvalue weighted by Crippen LogP contribution is 2.31. The van der Waals surface area contributed by atoms with Gasteiger partial charge in [-0.25, -0.2) is 0 Å². The van der Waals surface area contributed by atoms with E-state index >= 15 is 0 Å². The minimum absolute atomic E-state index is 0.280. The molecule has 0 aromatic heterocycles. The van der Waals surface area contributed by atoms with Crippen LogP contribution in [-0.4, -0.2) is 17.7 Å². The van der Waals surface area contributed by atoms with Crippen molar-refractivity contribution in [1.29, 1.82) is 0 Å². The molecule has 0 aliphatic carbocycles. The Labute approximate surface area is 95.2 Å². The molecule has 1 aromatic rings. The van der Waals surface area contributed by atoms with Gasteiger partial charge in [-0.05, 0) is 40.6 Å². The van der Waals surface area contributed by atoms with Gasteiger partial charge < -0.3 is 9.84 Å². The summed E-state index contributed by atoms with van der Waals surface area (Å²) in [6.07, 6.45) is 0.571. The van der Waals surface area contributed by atoms with Crippen LogP contribution in [0.5, 0.6) is 5.75 Å². The second-order valence-corrected chi connectivity index (χ2v) is 4.44. The van der Waals surface area contributed by atoms with Gasteiger partial charge in [-0.15, -0.1) is 0 Å². The molecule has 0 bridgehead atoms. The van der Waals surface area contributed by atoms with Crippen LogP contribution in [0.3, 0.4) is 0 Å². The maximum atomic E-state index is 10.8. The molecule has 3 nitrogen and oxygen atoms in total. The topological polar surface area (TPSA) is 46.5 Å². The minimum atomic E-state index is -0.783. The summed E-state index contributed by atoms with van der Waals surface area (Å²) >= 11 is 2.20. The summed E-state index contributed by atoms with van der Waals surface area (Å²) in [7, 11) is 0. The van der Waals surface area contributed by atoms with Crippen LogP contribution in [0.2, 0.25) is 0 Å². The Balaban J connectivity index is 2.31. The van der Waals surface area contributed by atoms with Crippen molar-refractivity contribution in [2.45, 2.75) is 6.42 Å². The van der Waals surface area contributed by atoms with Gasteiger partial charge in [0.05, 0.1) is 9.49 Å². The summed E-state index contributed by atoms with van der Waals surface area (Å²) in [6.45, 7) is 0.280. The van der Waals surface area contributed by atoms with Gasteiger partial charge in [0, 0.05) is 0 Å². The zero-order valence-corrected chi connectivity index (χ0v) is 9.52. The van der Waals surface area contributed by atoms with Crippen LogP contribution >= 0.6 is 22.6 Å². The summed E-state index contributed by atoms with van der Waals surface area (Å²) in [5.41, 5.74) is 0.996. The normalized spacial score (nSPS) is 19.6. The van der Waals surface area contributed by atoms with Gasteiger partial charge in [0.2, 0.25) is 0 Å². The highest BCUT2D eigenvalue weighted by Gasteiger charge is 2.26. The van der Waals surface area contributed by atoms with E-state index < -0.39 is 11.9 Å². The second-order valence-electron chi connectivity index (χ2n) is 3.28. The molecule has 0 saturated carbocycles. The van der Waals surface area contributed by atoms with E-state index in [0.717, 1.165) is 14.9 Å². The van der Waals surface area contributed by atoms with Crippen molar-refractivity contribution < 1.29 is 14.6 Å². The van der Waals surface area contributed by atoms with E-state index in [1.165, 1.54) is 0 Å². The van der Waals surface area contributed by atoms with Crippen molar-refractivity contribution in [3.05, 3.63) is 27.3 Å². The number of para-hydroxylation sites is 1. The molecular formula is C10H9IO3. The van der Waals surface area contributed by atoms with Crippen molar-refractivity contribution >= 4 is 28.6 Å². The fourth-order valence-electron chi connectivity index (χ4n) is 1.54. The molecule has 2 rings (SSSR count). The molecule has 14 heavy (non-hydrogen) atoms. The number of rotatable bonds is 1. The van der Waals surface area contributed by atoms with Gasteiger partial charge in [-0.3, -0.25) is 4.79 Å². The predicted octanol–water partition coefficient (Wildman–Crippen LogP) is 1.93. The number of carboxylic acid groups (broad SMARTS) is 1. The lowest BCUT2D eigenvalue weighted by atomic mass is 9.97. The van der Waals surface area contributed by atoms with Crippen LogP contribution in [0.1, 0.15) is 5.56 Å². The van der Waals surface area contributed by atoms with Gasteiger partial charge in [0.1, 0.15) is 12.4 Å². The number of ether oxygens (including phenoxy) is 1. The Morgan fingerprint density at radius 1 is 1.57 bits per heavy atom. The molecule has 1 aromatic carbocycles. The lowest BCUT2D eigenvalue weighted by Crippen LogP contribution is -2.28. The predicted molar refractivity (Wildman–Crippen MR) is 59.5 cm³/mol. The molecule has 74 valence electrons. The number of hydrogen-bond acceptors (Lipinski definition) is 2. The van der Waals surface area contributed by atoms with E-state index in [1.54, 1.807) is 0 Å². The monoisotopic (exact) mass is 304 g/mol. The fraction of sp³-hybridized carbons (Fsp3) is 0.300. The largest absolute Gasteiger partial charge is 0.491 e. The molecule has 0 fully saturated rings. The summed E-state index contributed by atoms with van der Waals surface area (Å²) < 4.78 is 6.49. The van der Waals surface area contributed by atoms with Crippen LogP contribution in [0, 0.1) is 9.49 Å². The Kier molecular flexibility index (Phi) is 2.62. The molecule has 1 aliphatic heterocycles. The molecule has 0 amide bonds. The Hall–Kier alpha value is -0.780. The zero-order valence-electron chi connectivity index (χ0n) is 7.37. The standard InChI is InChI=1S/C10H9IO3/c11-8-3-1-2-6-4-7(10(12)13)5-14-9(6)8/h1-3,7H,4-5H2,(H,12,13)/t7-/m1/s1. The fourth-order valence-corrected chi connectivity index (χ4v) is 2.25. The van der Waals surface area contributed by atoms with Crippen molar-refractivity contribution in [2.24, 2.45) is 5.92 Å². The van der Waals surface area contributed by atoms with Crippen molar-refractivity contribution in [3.8, 4) is 5.75 Å². The first kappa shape index (κ1) is 9.76. The lowest BCUT2D eigenvalue weighted by Gasteiger charge is -2.23. The minimum Gasteiger partial charge on any atom is -0.491 e. The van der Waals surface area contributed by atoms with Crippen molar-refractivity contribution in [3.63, 3.8) is 0 Å². The molecular weight excluding hydrogens is 295 g/mol. The lowest BCUT2D eigenvalue weighted by molar-refractivity contribution is -0.143. The Morgan fingerprint density at radius 2 is 2.36 bits per heavy atom. The van der Waals surface area contributed by atoms with Crippen LogP contribution in [0.25, 0.3) is 0 Å². The third-order valence-corrected chi connectivity index (χ3v) is 3.14. The first-order valence-corrected chi connectivity index (χ1v) is 5.39. The SMILES string of the molecule is O=C(O)[C@H]1COc2c(I)cccc2C1. The molecule has 1 atom stereocenters. The van der Waals surface area contributed by atoms with Gasteiger partial charge in [0.25, 0.3) is 0 Å². The van der Waals surface area contributed by atoms with Crippen LogP contribution < -0.4 is 4.74 Å². The van der Waals surface area contributed by atoms with E-state index in [9.17, 15) is 4.79 Å². The van der Waals surface area contributed by atoms with Gasteiger partial charge in [-0.1, -0.05) is 12.1 Å². The van der Waals surface area contributed by atoms with E-state index in [1.807, 2.05) is 18.2 Å². The summed E-state index contributed by atoms with van der Waals surface area (Å²) in [5, 5.41) is 8.85. The maximum Gasteiger partial charge on any atom is 0.310 e. The molecule has 0 unspecified atom stereocenters. The number of hydrogen-bond donors (Lipinski definition) is 1. The van der Waals surface area contributed by atoms with Crippen LogP contribution in [0.15, 0.2) is 18.2 Å². The molecule has 0 spiro atoms. The first-order valence-electron chi connectivity index (χ1n) is 4.31. The Bertz CT molecular complexity index is 376. The van der Waals surface area contributed by atoms with E-state index in [-0.39, 0.29) is 6.61 Å². The summed E-state index contributed by atoms with van der Waals surface area (Å²) in [4.78, 5) is 10.8. The van der Waals surface area contributed by atoms with Crippen LogP contribution in [0.4, 0.5) is 0 Å². The average Bonchev–Trinajstić information content (AvgIpc) is 2.17. The number of aliphatic carboxylic acids is 1. The molecule has 0 radical (unpaired) electrons. The Morgan fingerprint density at radius 3 is 3.07 bits per heavy atom. The zero-order chi connectivity index (χ0) is 10.1. The number of fused-ring (bicyclic) bond motifs is 1. The van der Waals surface area contributed by atoms with Crippen molar-refractivity contribution in [2.75, 3.05) is 6.61 Å². The third kappa shape index (κ3) is 1.70. The van der Waals surface area contributed by atoms with Gasteiger partial charge in [-0.2, -0.15) is 0 Å². The van der Waals surface area contributed by atoms with Gasteiger partial charge in [0.15, 0.2) is 0 Å². The summed E-state index contributed by atoms with van der Waals surface area (Å²) in [5.74, 6) is -0.333. The molecule has 0 saturated heterocycles. The van der Waals surface area contributed by atoms with E-state index in [2.05, 4.69) is 22.6 Å². The first-order chi connectivity index (χ1) is 6.68. The number of halogens is 1. The second kappa shape index (κ2) is 3.76. The highest BCUT2D eigenvalue weighted by molar-refractivity contribution is 14.1. The molecule has 4 heteroatoms. The quantitative estimate of drug-likeness (QED) is 0.806. The van der Waals surface area contributed by atoms with E-state index in [0.29, 0.717) is 6.42 Å². The van der Waals surface area contributed by atoms with Gasteiger partial charge >= 0.3 is 5.97 Å². The van der Waals surface area contributed by atoms with Crippen LogP contribution in [-0.2, 0) is 11.2 Å². The summed E-state index contributed by atoms with van der Waals surface area (Å²) in [6, 6.07) is 5.81. The molecule has 1 heterocycles. The third-order valence-electron chi connectivity index (χ3n) is 2.29. The number of benzene rings is 1. The molecule has 1 N–H and O–H groups in total. The maximum absolute atomic E-state index is 10.8. The number of carbonyl (C=O) groups is 1. The highest BCUT2D eigenvalue weighted by atomic mass is 127.